The van der Waals surface area contributed by atoms with Crippen LogP contribution in [0, 0.1) is 13.8 Å². The SMILES string of the molecule is Cc1ccc(N2CCN(C(=O)NCCN3CCOCC3)CC2)c(C)c1. The summed E-state index contributed by atoms with van der Waals surface area (Å²) in [5.74, 6) is 0. The Balaban J connectivity index is 1.41. The average Bonchev–Trinajstić information content (AvgIpc) is 2.63. The number of benzene rings is 1. The number of hydrogen-bond donors (Lipinski definition) is 1. The van der Waals surface area contributed by atoms with Crippen LogP contribution < -0.4 is 10.2 Å². The van der Waals surface area contributed by atoms with Crippen molar-refractivity contribution in [3.8, 4) is 0 Å². The summed E-state index contributed by atoms with van der Waals surface area (Å²) in [6.45, 7) is 12.7. The highest BCUT2D eigenvalue weighted by Gasteiger charge is 2.22. The van der Waals surface area contributed by atoms with E-state index in [2.05, 4.69) is 47.2 Å². The molecule has 0 aromatic heterocycles. The average molecular weight is 346 g/mol. The Morgan fingerprint density at radius 3 is 2.48 bits per heavy atom. The number of carbonyl (C=O) groups is 1. The Morgan fingerprint density at radius 1 is 1.08 bits per heavy atom. The molecule has 3 rings (SSSR count). The number of rotatable bonds is 4. The minimum absolute atomic E-state index is 0.0635. The molecular weight excluding hydrogens is 316 g/mol. The molecule has 6 heteroatoms. The van der Waals surface area contributed by atoms with Gasteiger partial charge in [-0.2, -0.15) is 0 Å². The zero-order valence-corrected chi connectivity index (χ0v) is 15.5. The van der Waals surface area contributed by atoms with Gasteiger partial charge in [-0.15, -0.1) is 0 Å². The first-order valence-corrected chi connectivity index (χ1v) is 9.28. The molecule has 1 aromatic carbocycles. The fourth-order valence-corrected chi connectivity index (χ4v) is 3.57. The molecule has 0 aliphatic carbocycles. The summed E-state index contributed by atoms with van der Waals surface area (Å²) in [4.78, 5) is 19.0. The van der Waals surface area contributed by atoms with Gasteiger partial charge < -0.3 is 19.9 Å². The van der Waals surface area contributed by atoms with E-state index >= 15 is 0 Å². The lowest BCUT2D eigenvalue weighted by Gasteiger charge is -2.37. The first-order chi connectivity index (χ1) is 12.1. The third kappa shape index (κ3) is 4.86. The number of ether oxygens (including phenoxy) is 1. The zero-order chi connectivity index (χ0) is 17.6. The Hall–Kier alpha value is -1.79. The van der Waals surface area contributed by atoms with E-state index in [4.69, 9.17) is 4.74 Å². The van der Waals surface area contributed by atoms with Crippen molar-refractivity contribution in [2.24, 2.45) is 0 Å². The van der Waals surface area contributed by atoms with E-state index in [1.165, 1.54) is 16.8 Å². The number of amides is 2. The topological polar surface area (TPSA) is 48.0 Å². The van der Waals surface area contributed by atoms with E-state index < -0.39 is 0 Å². The van der Waals surface area contributed by atoms with Gasteiger partial charge in [0, 0.05) is 58.0 Å². The highest BCUT2D eigenvalue weighted by atomic mass is 16.5. The smallest absolute Gasteiger partial charge is 0.317 e. The molecule has 1 N–H and O–H groups in total. The number of hydrogen-bond acceptors (Lipinski definition) is 4. The molecule has 2 aliphatic rings. The number of anilines is 1. The summed E-state index contributed by atoms with van der Waals surface area (Å²) in [7, 11) is 0. The second-order valence-corrected chi connectivity index (χ2v) is 6.95. The van der Waals surface area contributed by atoms with E-state index in [1.54, 1.807) is 0 Å². The monoisotopic (exact) mass is 346 g/mol. The molecule has 0 unspecified atom stereocenters. The number of piperazine rings is 1. The van der Waals surface area contributed by atoms with Gasteiger partial charge in [0.05, 0.1) is 13.2 Å². The van der Waals surface area contributed by atoms with Gasteiger partial charge in [-0.25, -0.2) is 4.79 Å². The number of carbonyl (C=O) groups excluding carboxylic acids is 1. The van der Waals surface area contributed by atoms with Gasteiger partial charge in [0.15, 0.2) is 0 Å². The molecule has 2 amide bonds. The van der Waals surface area contributed by atoms with Crippen molar-refractivity contribution in [2.75, 3.05) is 70.5 Å². The molecule has 2 heterocycles. The van der Waals surface area contributed by atoms with Crippen LogP contribution in [0.3, 0.4) is 0 Å². The van der Waals surface area contributed by atoms with Crippen LogP contribution in [0.2, 0.25) is 0 Å². The third-order valence-corrected chi connectivity index (χ3v) is 5.07. The second-order valence-electron chi connectivity index (χ2n) is 6.95. The summed E-state index contributed by atoms with van der Waals surface area (Å²) in [5, 5.41) is 3.06. The van der Waals surface area contributed by atoms with Crippen molar-refractivity contribution >= 4 is 11.7 Å². The van der Waals surface area contributed by atoms with Gasteiger partial charge in [-0.1, -0.05) is 17.7 Å². The van der Waals surface area contributed by atoms with Crippen LogP contribution in [0.25, 0.3) is 0 Å². The predicted octanol–water partition coefficient (Wildman–Crippen LogP) is 1.47. The lowest BCUT2D eigenvalue weighted by Crippen LogP contribution is -2.53. The quantitative estimate of drug-likeness (QED) is 0.897. The summed E-state index contributed by atoms with van der Waals surface area (Å²) in [6.07, 6.45) is 0. The number of aryl methyl sites for hydroxylation is 2. The largest absolute Gasteiger partial charge is 0.379 e. The lowest BCUT2D eigenvalue weighted by molar-refractivity contribution is 0.0386. The summed E-state index contributed by atoms with van der Waals surface area (Å²) in [6, 6.07) is 6.64. The maximum atomic E-state index is 12.3. The minimum atomic E-state index is 0.0635. The van der Waals surface area contributed by atoms with Gasteiger partial charge in [-0.05, 0) is 25.5 Å². The van der Waals surface area contributed by atoms with Crippen molar-refractivity contribution < 1.29 is 9.53 Å². The molecule has 0 atom stereocenters. The predicted molar refractivity (Wildman–Crippen MR) is 100 cm³/mol. The standard InChI is InChI=1S/C19H30N4O2/c1-16-3-4-18(17(2)15-16)22-7-9-23(10-8-22)19(24)20-5-6-21-11-13-25-14-12-21/h3-4,15H,5-14H2,1-2H3,(H,20,24). The molecule has 0 saturated carbocycles. The Bertz CT molecular complexity index is 579. The van der Waals surface area contributed by atoms with Crippen LogP contribution in [0.4, 0.5) is 10.5 Å². The molecular formula is C19H30N4O2. The highest BCUT2D eigenvalue weighted by Crippen LogP contribution is 2.22. The van der Waals surface area contributed by atoms with Gasteiger partial charge in [0.2, 0.25) is 0 Å². The molecule has 2 fully saturated rings. The maximum absolute atomic E-state index is 12.3. The van der Waals surface area contributed by atoms with Crippen molar-refractivity contribution in [1.82, 2.24) is 15.1 Å². The maximum Gasteiger partial charge on any atom is 0.317 e. The second kappa shape index (κ2) is 8.54. The number of morpholine rings is 1. The number of nitrogens with zero attached hydrogens (tertiary/aromatic N) is 3. The fourth-order valence-electron chi connectivity index (χ4n) is 3.57. The molecule has 2 saturated heterocycles. The van der Waals surface area contributed by atoms with E-state index in [-0.39, 0.29) is 6.03 Å². The third-order valence-electron chi connectivity index (χ3n) is 5.07. The van der Waals surface area contributed by atoms with E-state index in [9.17, 15) is 4.79 Å². The van der Waals surface area contributed by atoms with Crippen molar-refractivity contribution in [3.63, 3.8) is 0 Å². The number of urea groups is 1. The van der Waals surface area contributed by atoms with Crippen LogP contribution in [0.5, 0.6) is 0 Å². The van der Waals surface area contributed by atoms with Crippen molar-refractivity contribution in [1.29, 1.82) is 0 Å². The minimum Gasteiger partial charge on any atom is -0.379 e. The Labute approximate surface area is 150 Å². The van der Waals surface area contributed by atoms with Crippen LogP contribution in [-0.2, 0) is 4.74 Å². The molecule has 1 aromatic rings. The zero-order valence-electron chi connectivity index (χ0n) is 15.5. The van der Waals surface area contributed by atoms with Gasteiger partial charge in [-0.3, -0.25) is 4.90 Å². The number of nitrogens with one attached hydrogen (secondary N) is 1. The molecule has 0 radical (unpaired) electrons. The molecule has 138 valence electrons. The van der Waals surface area contributed by atoms with Gasteiger partial charge in [0.25, 0.3) is 0 Å². The van der Waals surface area contributed by atoms with Crippen molar-refractivity contribution in [3.05, 3.63) is 29.3 Å². The van der Waals surface area contributed by atoms with Crippen LogP contribution in [-0.4, -0.2) is 81.4 Å². The van der Waals surface area contributed by atoms with Crippen molar-refractivity contribution in [2.45, 2.75) is 13.8 Å². The molecule has 25 heavy (non-hydrogen) atoms. The molecule has 2 aliphatic heterocycles. The summed E-state index contributed by atoms with van der Waals surface area (Å²) >= 11 is 0. The molecule has 0 bridgehead atoms. The summed E-state index contributed by atoms with van der Waals surface area (Å²) in [5.41, 5.74) is 3.89. The van der Waals surface area contributed by atoms with Crippen LogP contribution in [0.15, 0.2) is 18.2 Å². The highest BCUT2D eigenvalue weighted by molar-refractivity contribution is 5.74. The normalized spacial score (nSPS) is 19.1. The fraction of sp³-hybridized carbons (Fsp3) is 0.632. The van der Waals surface area contributed by atoms with E-state index in [0.717, 1.165) is 59.0 Å². The summed E-state index contributed by atoms with van der Waals surface area (Å²) < 4.78 is 5.34. The van der Waals surface area contributed by atoms with Crippen LogP contribution in [0.1, 0.15) is 11.1 Å². The van der Waals surface area contributed by atoms with Crippen LogP contribution >= 0.6 is 0 Å². The molecule has 0 spiro atoms. The van der Waals surface area contributed by atoms with Gasteiger partial charge >= 0.3 is 6.03 Å². The molecule has 6 nitrogen and oxygen atoms in total. The van der Waals surface area contributed by atoms with E-state index in [1.807, 2.05) is 4.90 Å². The van der Waals surface area contributed by atoms with E-state index in [0.29, 0.717) is 6.54 Å². The first kappa shape index (κ1) is 18.0. The van der Waals surface area contributed by atoms with Gasteiger partial charge in [0.1, 0.15) is 0 Å². The lowest BCUT2D eigenvalue weighted by atomic mass is 10.1. The Kier molecular flexibility index (Phi) is 6.15. The Morgan fingerprint density at radius 2 is 1.80 bits per heavy atom. The first-order valence-electron chi connectivity index (χ1n) is 9.28.